The molecule has 0 radical (unpaired) electrons. The maximum absolute atomic E-state index is 6.21. The van der Waals surface area contributed by atoms with Crippen molar-refractivity contribution in [2.75, 3.05) is 0 Å². The predicted molar refractivity (Wildman–Crippen MR) is 80.8 cm³/mol. The third-order valence-corrected chi connectivity index (χ3v) is 6.85. The lowest BCUT2D eigenvalue weighted by atomic mass is 9.97. The van der Waals surface area contributed by atoms with Gasteiger partial charge >= 0.3 is 0 Å². The Bertz CT molecular complexity index is 473. The minimum absolute atomic E-state index is 0.320. The summed E-state index contributed by atoms with van der Waals surface area (Å²) in [7, 11) is -1.75. The minimum atomic E-state index is -1.75. The van der Waals surface area contributed by atoms with Crippen LogP contribution in [-0.4, -0.2) is 14.4 Å². The largest absolute Gasteiger partial charge is 0.410 e. The number of rotatable bonds is 2. The second kappa shape index (κ2) is 4.86. The van der Waals surface area contributed by atoms with Crippen LogP contribution in [0.4, 0.5) is 0 Å². The Morgan fingerprint density at radius 1 is 1.22 bits per heavy atom. The van der Waals surface area contributed by atoms with Crippen LogP contribution in [0.2, 0.25) is 13.1 Å². The molecule has 1 fully saturated rings. The highest BCUT2D eigenvalue weighted by atomic mass is 28.4. The molecular formula is C16H22OSi. The van der Waals surface area contributed by atoms with Gasteiger partial charge in [0.15, 0.2) is 0 Å². The van der Waals surface area contributed by atoms with Crippen LogP contribution in [0.3, 0.4) is 0 Å². The predicted octanol–water partition coefficient (Wildman–Crippen LogP) is 4.43. The van der Waals surface area contributed by atoms with Gasteiger partial charge in [-0.25, -0.2) is 0 Å². The summed E-state index contributed by atoms with van der Waals surface area (Å²) in [6, 6.07) is 10.5. The molecule has 96 valence electrons. The molecule has 0 amide bonds. The molecule has 0 spiro atoms. The Kier molecular flexibility index (Phi) is 3.60. The molecule has 0 aliphatic carbocycles. The first-order valence-electron chi connectivity index (χ1n) is 6.57. The lowest BCUT2D eigenvalue weighted by Gasteiger charge is -2.20. The van der Waals surface area contributed by atoms with Gasteiger partial charge in [0.25, 0.3) is 0 Å². The van der Waals surface area contributed by atoms with Crippen LogP contribution in [-0.2, 0) is 4.43 Å². The number of hydrogen-bond donors (Lipinski definition) is 0. The van der Waals surface area contributed by atoms with Crippen molar-refractivity contribution >= 4 is 13.9 Å². The van der Waals surface area contributed by atoms with Gasteiger partial charge in [0.1, 0.15) is 0 Å². The molecule has 0 bridgehead atoms. The third kappa shape index (κ3) is 2.23. The molecule has 1 saturated heterocycles. The highest BCUT2D eigenvalue weighted by Crippen LogP contribution is 2.41. The summed E-state index contributed by atoms with van der Waals surface area (Å²) in [5, 5.41) is 1.50. The first kappa shape index (κ1) is 13.3. The molecule has 0 N–H and O–H groups in total. The van der Waals surface area contributed by atoms with E-state index >= 15 is 0 Å². The topological polar surface area (TPSA) is 9.23 Å². The second-order valence-electron chi connectivity index (χ2n) is 5.52. The van der Waals surface area contributed by atoms with Crippen molar-refractivity contribution < 1.29 is 4.43 Å². The molecule has 1 heterocycles. The van der Waals surface area contributed by atoms with Crippen LogP contribution in [0.15, 0.2) is 48.2 Å². The van der Waals surface area contributed by atoms with Crippen molar-refractivity contribution in [3.8, 4) is 0 Å². The van der Waals surface area contributed by atoms with Gasteiger partial charge in [-0.15, -0.1) is 0 Å². The molecule has 2 rings (SSSR count). The smallest absolute Gasteiger partial charge is 0.215 e. The Labute approximate surface area is 111 Å². The standard InChI is InChI=1S/C16H22OSi/c1-6-15(14-10-8-7-9-11-14)16-12(2)13(3)17-18(16,4)5/h6-13H,1H2,2-5H3/b16-15-/t12-,13-/m1/s1. The quantitative estimate of drug-likeness (QED) is 0.713. The molecule has 1 nitrogen and oxygen atoms in total. The summed E-state index contributed by atoms with van der Waals surface area (Å²) in [5.41, 5.74) is 2.54. The number of allylic oxidation sites excluding steroid dienone is 2. The van der Waals surface area contributed by atoms with E-state index in [2.05, 4.69) is 63.9 Å². The van der Waals surface area contributed by atoms with Gasteiger partial charge in [-0.1, -0.05) is 49.9 Å². The molecule has 1 aromatic rings. The second-order valence-corrected chi connectivity index (χ2v) is 9.31. The van der Waals surface area contributed by atoms with E-state index in [1.54, 1.807) is 0 Å². The Morgan fingerprint density at radius 2 is 1.83 bits per heavy atom. The lowest BCUT2D eigenvalue weighted by molar-refractivity contribution is 0.209. The van der Waals surface area contributed by atoms with Crippen molar-refractivity contribution in [2.24, 2.45) is 5.92 Å². The van der Waals surface area contributed by atoms with Gasteiger partial charge in [-0.05, 0) is 36.4 Å². The summed E-state index contributed by atoms with van der Waals surface area (Å²) < 4.78 is 6.21. The zero-order chi connectivity index (χ0) is 13.3. The van der Waals surface area contributed by atoms with E-state index in [1.807, 2.05) is 6.08 Å². The average Bonchev–Trinajstić information content (AvgIpc) is 2.54. The van der Waals surface area contributed by atoms with Crippen LogP contribution in [0.25, 0.3) is 5.57 Å². The fraction of sp³-hybridized carbons (Fsp3) is 0.375. The van der Waals surface area contributed by atoms with Crippen molar-refractivity contribution in [2.45, 2.75) is 33.0 Å². The fourth-order valence-corrected chi connectivity index (χ4v) is 6.47. The number of hydrogen-bond acceptors (Lipinski definition) is 1. The Morgan fingerprint density at radius 3 is 2.28 bits per heavy atom. The van der Waals surface area contributed by atoms with E-state index in [0.717, 1.165) is 0 Å². The van der Waals surface area contributed by atoms with E-state index in [0.29, 0.717) is 12.0 Å². The SMILES string of the molecule is C=C/C(=C1\[C@H](C)[C@@H](C)O[Si]1(C)C)c1ccccc1. The maximum Gasteiger partial charge on any atom is 0.215 e. The summed E-state index contributed by atoms with van der Waals surface area (Å²) in [4.78, 5) is 0. The van der Waals surface area contributed by atoms with Crippen LogP contribution in [0.1, 0.15) is 19.4 Å². The lowest BCUT2D eigenvalue weighted by Crippen LogP contribution is -2.29. The highest BCUT2D eigenvalue weighted by molar-refractivity contribution is 6.80. The molecule has 18 heavy (non-hydrogen) atoms. The molecular weight excluding hydrogens is 236 g/mol. The monoisotopic (exact) mass is 258 g/mol. The highest BCUT2D eigenvalue weighted by Gasteiger charge is 2.43. The van der Waals surface area contributed by atoms with Crippen molar-refractivity contribution in [1.82, 2.24) is 0 Å². The molecule has 0 saturated carbocycles. The van der Waals surface area contributed by atoms with Crippen molar-refractivity contribution in [1.29, 1.82) is 0 Å². The van der Waals surface area contributed by atoms with Gasteiger partial charge in [0.05, 0.1) is 0 Å². The van der Waals surface area contributed by atoms with Gasteiger partial charge in [0.2, 0.25) is 8.32 Å². The average molecular weight is 258 g/mol. The van der Waals surface area contributed by atoms with Crippen molar-refractivity contribution in [3.05, 3.63) is 53.7 Å². The first-order chi connectivity index (χ1) is 8.47. The maximum atomic E-state index is 6.21. The minimum Gasteiger partial charge on any atom is -0.410 e. The zero-order valence-electron chi connectivity index (χ0n) is 11.7. The molecule has 2 heteroatoms. The Hall–Kier alpha value is -1.12. The van der Waals surface area contributed by atoms with Crippen molar-refractivity contribution in [3.63, 3.8) is 0 Å². The summed E-state index contributed by atoms with van der Waals surface area (Å²) >= 11 is 0. The summed E-state index contributed by atoms with van der Waals surface area (Å²) in [6.45, 7) is 13.0. The van der Waals surface area contributed by atoms with E-state index in [-0.39, 0.29) is 0 Å². The normalized spacial score (nSPS) is 29.1. The van der Waals surface area contributed by atoms with Gasteiger partial charge in [-0.3, -0.25) is 0 Å². The molecule has 0 aromatic heterocycles. The van der Waals surface area contributed by atoms with Crippen LogP contribution in [0.5, 0.6) is 0 Å². The third-order valence-electron chi connectivity index (χ3n) is 3.87. The van der Waals surface area contributed by atoms with Gasteiger partial charge in [0, 0.05) is 12.0 Å². The first-order valence-corrected chi connectivity index (χ1v) is 9.48. The van der Waals surface area contributed by atoms with Gasteiger partial charge in [-0.2, -0.15) is 0 Å². The van der Waals surface area contributed by atoms with Crippen LogP contribution >= 0.6 is 0 Å². The molecule has 0 unspecified atom stereocenters. The molecule has 1 aliphatic heterocycles. The van der Waals surface area contributed by atoms with E-state index in [1.165, 1.54) is 16.3 Å². The van der Waals surface area contributed by atoms with Crippen LogP contribution in [0, 0.1) is 5.92 Å². The zero-order valence-corrected chi connectivity index (χ0v) is 12.7. The molecule has 1 aromatic carbocycles. The van der Waals surface area contributed by atoms with E-state index in [9.17, 15) is 0 Å². The van der Waals surface area contributed by atoms with Crippen LogP contribution < -0.4 is 0 Å². The Balaban J connectivity index is 2.60. The van der Waals surface area contributed by atoms with E-state index < -0.39 is 8.32 Å². The molecule has 2 atom stereocenters. The number of benzene rings is 1. The fourth-order valence-electron chi connectivity index (χ4n) is 2.98. The van der Waals surface area contributed by atoms with E-state index in [4.69, 9.17) is 4.43 Å². The summed E-state index contributed by atoms with van der Waals surface area (Å²) in [5.74, 6) is 0.486. The molecule has 1 aliphatic rings. The van der Waals surface area contributed by atoms with Gasteiger partial charge < -0.3 is 4.43 Å². The summed E-state index contributed by atoms with van der Waals surface area (Å²) in [6.07, 6.45) is 2.32.